The van der Waals surface area contributed by atoms with Crippen LogP contribution in [0.5, 0.6) is 0 Å². The smallest absolute Gasteiger partial charge is 0.00847 e. The zero-order valence-corrected chi connectivity index (χ0v) is 10.8. The van der Waals surface area contributed by atoms with Crippen LogP contribution in [0.2, 0.25) is 0 Å². The van der Waals surface area contributed by atoms with Gasteiger partial charge in [-0.3, -0.25) is 0 Å². The van der Waals surface area contributed by atoms with E-state index in [2.05, 4.69) is 19.1 Å². The van der Waals surface area contributed by atoms with Crippen LogP contribution in [-0.2, 0) is 0 Å². The van der Waals surface area contributed by atoms with E-state index in [-0.39, 0.29) is 0 Å². The summed E-state index contributed by atoms with van der Waals surface area (Å²) in [5.74, 6) is 3.07. The van der Waals surface area contributed by atoms with Crippen LogP contribution in [0, 0.1) is 23.2 Å². The van der Waals surface area contributed by atoms with Gasteiger partial charge in [-0.15, -0.1) is 0 Å². The topological polar surface area (TPSA) is 0 Å². The van der Waals surface area contributed by atoms with Crippen molar-refractivity contribution < 1.29 is 0 Å². The second-order valence-electron chi connectivity index (χ2n) is 6.72. The van der Waals surface area contributed by atoms with Gasteiger partial charge in [0.15, 0.2) is 0 Å². The third-order valence-electron chi connectivity index (χ3n) is 5.58. The van der Waals surface area contributed by atoms with Crippen molar-refractivity contribution in [2.24, 2.45) is 23.2 Å². The average Bonchev–Trinajstić information content (AvgIpc) is 2.30. The molecule has 2 fully saturated rings. The maximum atomic E-state index is 2.65. The van der Waals surface area contributed by atoms with Gasteiger partial charge in [0.1, 0.15) is 0 Å². The van der Waals surface area contributed by atoms with Gasteiger partial charge >= 0.3 is 0 Å². The van der Waals surface area contributed by atoms with Gasteiger partial charge in [-0.1, -0.05) is 51.2 Å². The van der Waals surface area contributed by atoms with Crippen LogP contribution < -0.4 is 0 Å². The maximum Gasteiger partial charge on any atom is -0.00847 e. The molecule has 16 heavy (non-hydrogen) atoms. The first-order valence-corrected chi connectivity index (χ1v) is 7.48. The molecule has 90 valence electrons. The van der Waals surface area contributed by atoms with E-state index < -0.39 is 0 Å². The van der Waals surface area contributed by atoms with E-state index in [1.165, 1.54) is 57.8 Å². The van der Waals surface area contributed by atoms with Crippen LogP contribution >= 0.6 is 0 Å². The van der Waals surface area contributed by atoms with Crippen molar-refractivity contribution >= 4 is 0 Å². The van der Waals surface area contributed by atoms with Crippen molar-refractivity contribution in [3.05, 3.63) is 12.2 Å². The highest BCUT2D eigenvalue weighted by atomic mass is 14.5. The van der Waals surface area contributed by atoms with Crippen molar-refractivity contribution in [3.8, 4) is 0 Å². The molecule has 0 amide bonds. The Morgan fingerprint density at radius 2 is 1.88 bits per heavy atom. The van der Waals surface area contributed by atoms with E-state index in [0.29, 0.717) is 5.41 Å². The van der Waals surface area contributed by atoms with E-state index in [0.717, 1.165) is 17.8 Å². The number of hydrogen-bond acceptors (Lipinski definition) is 0. The summed E-state index contributed by atoms with van der Waals surface area (Å²) in [5, 5.41) is 0. The minimum atomic E-state index is 0.640. The summed E-state index contributed by atoms with van der Waals surface area (Å²) >= 11 is 0. The van der Waals surface area contributed by atoms with E-state index in [4.69, 9.17) is 0 Å². The molecule has 0 radical (unpaired) electrons. The van der Waals surface area contributed by atoms with Crippen LogP contribution in [0.3, 0.4) is 0 Å². The van der Waals surface area contributed by atoms with Gasteiger partial charge in [0.2, 0.25) is 0 Å². The standard InChI is InChI=1S/C16H26/c1-13-6-4-10-16(12-13)11-5-8-14-7-2-3-9-15(14)16/h4,10,13-15H,2-3,5-9,11-12H2,1H3/t13-,14+,15+,16+/m0/s1. The second kappa shape index (κ2) is 4.20. The molecule has 0 aromatic rings. The lowest BCUT2D eigenvalue weighted by Gasteiger charge is -2.51. The lowest BCUT2D eigenvalue weighted by molar-refractivity contribution is 0.0269. The molecular weight excluding hydrogens is 192 g/mol. The van der Waals surface area contributed by atoms with Gasteiger partial charge in [0.25, 0.3) is 0 Å². The predicted molar refractivity (Wildman–Crippen MR) is 69.3 cm³/mol. The zero-order valence-electron chi connectivity index (χ0n) is 10.8. The van der Waals surface area contributed by atoms with E-state index >= 15 is 0 Å². The number of fused-ring (bicyclic) bond motifs is 2. The fraction of sp³-hybridized carbons (Fsp3) is 0.875. The Kier molecular flexibility index (Phi) is 2.85. The van der Waals surface area contributed by atoms with Crippen molar-refractivity contribution in [2.45, 2.75) is 64.7 Å². The first-order valence-electron chi connectivity index (χ1n) is 7.48. The van der Waals surface area contributed by atoms with E-state index in [9.17, 15) is 0 Å². The summed E-state index contributed by atoms with van der Waals surface area (Å²) in [5.41, 5.74) is 0.640. The lowest BCUT2D eigenvalue weighted by atomic mass is 9.54. The Hall–Kier alpha value is -0.260. The van der Waals surface area contributed by atoms with Gasteiger partial charge in [0, 0.05) is 0 Å². The molecule has 0 N–H and O–H groups in total. The molecule has 3 aliphatic carbocycles. The minimum absolute atomic E-state index is 0.640. The normalized spacial score (nSPS) is 47.9. The fourth-order valence-electron chi connectivity index (χ4n) is 4.98. The molecule has 0 aromatic carbocycles. The van der Waals surface area contributed by atoms with Crippen LogP contribution in [0.25, 0.3) is 0 Å². The number of allylic oxidation sites excluding steroid dienone is 2. The molecule has 0 aliphatic heterocycles. The van der Waals surface area contributed by atoms with Crippen molar-refractivity contribution in [2.75, 3.05) is 0 Å². The Balaban J connectivity index is 1.86. The quantitative estimate of drug-likeness (QED) is 0.505. The van der Waals surface area contributed by atoms with Gasteiger partial charge in [0.05, 0.1) is 0 Å². The van der Waals surface area contributed by atoms with Crippen molar-refractivity contribution in [1.82, 2.24) is 0 Å². The summed E-state index contributed by atoms with van der Waals surface area (Å²) in [4.78, 5) is 0. The van der Waals surface area contributed by atoms with E-state index in [1.807, 2.05) is 0 Å². The molecular formula is C16H26. The molecule has 0 heterocycles. The fourth-order valence-corrected chi connectivity index (χ4v) is 4.98. The Labute approximate surface area is 101 Å². The van der Waals surface area contributed by atoms with Gasteiger partial charge < -0.3 is 0 Å². The summed E-state index contributed by atoms with van der Waals surface area (Å²) < 4.78 is 0. The summed E-state index contributed by atoms with van der Waals surface area (Å²) in [7, 11) is 0. The van der Waals surface area contributed by atoms with Crippen LogP contribution in [-0.4, -0.2) is 0 Å². The molecule has 1 spiro atoms. The largest absolute Gasteiger partial charge is 0.0877 e. The maximum absolute atomic E-state index is 2.65. The molecule has 3 rings (SSSR count). The molecule has 0 aromatic heterocycles. The molecule has 0 saturated heterocycles. The first-order chi connectivity index (χ1) is 7.80. The molecule has 2 saturated carbocycles. The Morgan fingerprint density at radius 3 is 2.75 bits per heavy atom. The predicted octanol–water partition coefficient (Wildman–Crippen LogP) is 4.95. The summed E-state index contributed by atoms with van der Waals surface area (Å²) in [6.45, 7) is 2.46. The highest BCUT2D eigenvalue weighted by Gasteiger charge is 2.45. The molecule has 3 aliphatic rings. The monoisotopic (exact) mass is 218 g/mol. The number of hydrogen-bond donors (Lipinski definition) is 0. The van der Waals surface area contributed by atoms with Crippen molar-refractivity contribution in [3.63, 3.8) is 0 Å². The van der Waals surface area contributed by atoms with Crippen LogP contribution in [0.15, 0.2) is 12.2 Å². The van der Waals surface area contributed by atoms with Crippen LogP contribution in [0.4, 0.5) is 0 Å². The number of rotatable bonds is 0. The molecule has 0 nitrogen and oxygen atoms in total. The second-order valence-corrected chi connectivity index (χ2v) is 6.72. The SMILES string of the molecule is C[C@H]1CC=C[C@@]2(CCC[C@H]3CCCC[C@H]32)C1. The first kappa shape index (κ1) is 10.9. The molecule has 4 atom stereocenters. The molecule has 0 heteroatoms. The van der Waals surface area contributed by atoms with Crippen LogP contribution in [0.1, 0.15) is 64.7 Å². The van der Waals surface area contributed by atoms with Gasteiger partial charge in [-0.25, -0.2) is 0 Å². The molecule has 0 unspecified atom stereocenters. The third-order valence-corrected chi connectivity index (χ3v) is 5.58. The lowest BCUT2D eigenvalue weighted by Crippen LogP contribution is -2.41. The minimum Gasteiger partial charge on any atom is -0.0877 e. The zero-order chi connectivity index (χ0) is 11.0. The summed E-state index contributed by atoms with van der Waals surface area (Å²) in [6, 6.07) is 0. The Morgan fingerprint density at radius 1 is 1.06 bits per heavy atom. The van der Waals surface area contributed by atoms with Gasteiger partial charge in [-0.2, -0.15) is 0 Å². The van der Waals surface area contributed by atoms with Gasteiger partial charge in [-0.05, 0) is 48.9 Å². The van der Waals surface area contributed by atoms with E-state index in [1.54, 1.807) is 0 Å². The highest BCUT2D eigenvalue weighted by molar-refractivity contribution is 5.11. The highest BCUT2D eigenvalue weighted by Crippen LogP contribution is 2.55. The average molecular weight is 218 g/mol. The Bertz CT molecular complexity index is 276. The van der Waals surface area contributed by atoms with Crippen molar-refractivity contribution in [1.29, 1.82) is 0 Å². The third kappa shape index (κ3) is 1.75. The summed E-state index contributed by atoms with van der Waals surface area (Å²) in [6.07, 6.45) is 18.6. The molecule has 0 bridgehead atoms.